The van der Waals surface area contributed by atoms with E-state index in [1.54, 1.807) is 12.1 Å². The van der Waals surface area contributed by atoms with E-state index in [4.69, 9.17) is 5.11 Å². The highest BCUT2D eigenvalue weighted by atomic mass is 16.4. The molecule has 4 nitrogen and oxygen atoms in total. The fourth-order valence-electron chi connectivity index (χ4n) is 2.04. The second kappa shape index (κ2) is 4.64. The molecular formula is C14H16N2O2. The molecule has 0 unspecified atom stereocenters. The molecule has 1 N–H and O–H groups in total. The van der Waals surface area contributed by atoms with Crippen LogP contribution in [-0.4, -0.2) is 20.9 Å². The monoisotopic (exact) mass is 244 g/mol. The lowest BCUT2D eigenvalue weighted by Gasteiger charge is -2.03. The summed E-state index contributed by atoms with van der Waals surface area (Å²) in [6, 6.07) is 6.99. The summed E-state index contributed by atoms with van der Waals surface area (Å²) in [4.78, 5) is 10.8. The van der Waals surface area contributed by atoms with Crippen molar-refractivity contribution < 1.29 is 9.90 Å². The molecule has 0 fully saturated rings. The molecule has 1 aromatic heterocycles. The van der Waals surface area contributed by atoms with E-state index in [0.717, 1.165) is 23.4 Å². The number of nitrogens with zero attached hydrogens (tertiary/aromatic N) is 2. The Balaban J connectivity index is 2.26. The molecule has 94 valence electrons. The van der Waals surface area contributed by atoms with Crippen molar-refractivity contribution in [3.63, 3.8) is 0 Å². The van der Waals surface area contributed by atoms with Crippen molar-refractivity contribution in [2.45, 2.75) is 20.3 Å². The SMILES string of the molecule is Cc1nn(C)c(C)c1Cc1ccc(C(=O)O)cc1. The maximum atomic E-state index is 10.8. The molecule has 0 aliphatic carbocycles. The van der Waals surface area contributed by atoms with Gasteiger partial charge in [0.25, 0.3) is 0 Å². The lowest BCUT2D eigenvalue weighted by molar-refractivity contribution is 0.0697. The maximum Gasteiger partial charge on any atom is 0.335 e. The Morgan fingerprint density at radius 3 is 2.33 bits per heavy atom. The summed E-state index contributed by atoms with van der Waals surface area (Å²) < 4.78 is 1.87. The van der Waals surface area contributed by atoms with Gasteiger partial charge in [-0.2, -0.15) is 5.10 Å². The zero-order valence-electron chi connectivity index (χ0n) is 10.8. The number of hydrogen-bond acceptors (Lipinski definition) is 2. The molecule has 0 atom stereocenters. The first kappa shape index (κ1) is 12.4. The van der Waals surface area contributed by atoms with Crippen LogP contribution in [0.15, 0.2) is 24.3 Å². The van der Waals surface area contributed by atoms with Gasteiger partial charge in [0.2, 0.25) is 0 Å². The summed E-state index contributed by atoms with van der Waals surface area (Å²) in [7, 11) is 1.93. The minimum atomic E-state index is -0.893. The minimum absolute atomic E-state index is 0.318. The number of carboxylic acid groups (broad SMARTS) is 1. The van der Waals surface area contributed by atoms with Gasteiger partial charge < -0.3 is 5.11 Å². The Morgan fingerprint density at radius 2 is 1.89 bits per heavy atom. The van der Waals surface area contributed by atoms with E-state index in [2.05, 4.69) is 5.10 Å². The van der Waals surface area contributed by atoms with Gasteiger partial charge in [0.1, 0.15) is 0 Å². The van der Waals surface area contributed by atoms with Crippen molar-refractivity contribution in [1.82, 2.24) is 9.78 Å². The fraction of sp³-hybridized carbons (Fsp3) is 0.286. The van der Waals surface area contributed by atoms with Gasteiger partial charge in [-0.3, -0.25) is 4.68 Å². The predicted octanol–water partition coefficient (Wildman–Crippen LogP) is 2.33. The summed E-state index contributed by atoms with van der Waals surface area (Å²) in [5.41, 5.74) is 4.80. The topological polar surface area (TPSA) is 55.1 Å². The van der Waals surface area contributed by atoms with Crippen molar-refractivity contribution in [1.29, 1.82) is 0 Å². The molecule has 1 aromatic carbocycles. The lowest BCUT2D eigenvalue weighted by atomic mass is 10.0. The maximum absolute atomic E-state index is 10.8. The summed E-state index contributed by atoms with van der Waals surface area (Å²) in [6.45, 7) is 4.04. The van der Waals surface area contributed by atoms with E-state index in [0.29, 0.717) is 5.56 Å². The highest BCUT2D eigenvalue weighted by Crippen LogP contribution is 2.17. The Labute approximate surface area is 106 Å². The van der Waals surface area contributed by atoms with Gasteiger partial charge in [-0.25, -0.2) is 4.79 Å². The third-order valence-electron chi connectivity index (χ3n) is 3.24. The number of aromatic carboxylic acids is 1. The standard InChI is InChI=1S/C14H16N2O2/c1-9-13(10(2)16(3)15-9)8-11-4-6-12(7-5-11)14(17)18/h4-7H,8H2,1-3H3,(H,17,18). The second-order valence-electron chi connectivity index (χ2n) is 4.45. The van der Waals surface area contributed by atoms with E-state index in [1.807, 2.05) is 37.7 Å². The summed E-state index contributed by atoms with van der Waals surface area (Å²) in [5, 5.41) is 13.2. The van der Waals surface area contributed by atoms with Gasteiger partial charge in [-0.15, -0.1) is 0 Å². The molecular weight excluding hydrogens is 228 g/mol. The third-order valence-corrected chi connectivity index (χ3v) is 3.24. The van der Waals surface area contributed by atoms with Crippen LogP contribution in [0.3, 0.4) is 0 Å². The summed E-state index contributed by atoms with van der Waals surface area (Å²) >= 11 is 0. The summed E-state index contributed by atoms with van der Waals surface area (Å²) in [6.07, 6.45) is 0.783. The van der Waals surface area contributed by atoms with E-state index in [-0.39, 0.29) is 0 Å². The van der Waals surface area contributed by atoms with Crippen LogP contribution < -0.4 is 0 Å². The predicted molar refractivity (Wildman–Crippen MR) is 68.9 cm³/mol. The van der Waals surface area contributed by atoms with Crippen LogP contribution in [0, 0.1) is 13.8 Å². The molecule has 0 bridgehead atoms. The highest BCUT2D eigenvalue weighted by molar-refractivity contribution is 5.87. The van der Waals surface area contributed by atoms with Gasteiger partial charge in [0, 0.05) is 24.7 Å². The van der Waals surface area contributed by atoms with E-state index < -0.39 is 5.97 Å². The van der Waals surface area contributed by atoms with Crippen LogP contribution in [0.1, 0.15) is 32.9 Å². The van der Waals surface area contributed by atoms with Crippen molar-refractivity contribution in [2.75, 3.05) is 0 Å². The lowest BCUT2D eigenvalue weighted by Crippen LogP contribution is -1.98. The Kier molecular flexibility index (Phi) is 3.19. The number of carboxylic acids is 1. The van der Waals surface area contributed by atoms with Gasteiger partial charge in [-0.1, -0.05) is 12.1 Å². The van der Waals surface area contributed by atoms with Gasteiger partial charge in [0.05, 0.1) is 11.3 Å². The molecule has 18 heavy (non-hydrogen) atoms. The van der Waals surface area contributed by atoms with Gasteiger partial charge >= 0.3 is 5.97 Å². The van der Waals surface area contributed by atoms with Crippen LogP contribution in [0.25, 0.3) is 0 Å². The summed E-state index contributed by atoms with van der Waals surface area (Å²) in [5.74, 6) is -0.893. The molecule has 0 radical (unpaired) electrons. The molecule has 2 aromatic rings. The number of aryl methyl sites for hydroxylation is 2. The number of benzene rings is 1. The average Bonchev–Trinajstić information content (AvgIpc) is 2.57. The van der Waals surface area contributed by atoms with Crippen molar-refractivity contribution in [2.24, 2.45) is 7.05 Å². The largest absolute Gasteiger partial charge is 0.478 e. The number of hydrogen-bond donors (Lipinski definition) is 1. The third kappa shape index (κ3) is 2.27. The van der Waals surface area contributed by atoms with E-state index >= 15 is 0 Å². The van der Waals surface area contributed by atoms with Crippen LogP contribution in [0.2, 0.25) is 0 Å². The smallest absolute Gasteiger partial charge is 0.335 e. The van der Waals surface area contributed by atoms with Gasteiger partial charge in [-0.05, 0) is 31.5 Å². The number of carbonyl (C=O) groups is 1. The van der Waals surface area contributed by atoms with Crippen molar-refractivity contribution >= 4 is 5.97 Å². The molecule has 0 aliphatic rings. The Hall–Kier alpha value is -2.10. The first-order chi connectivity index (χ1) is 8.49. The minimum Gasteiger partial charge on any atom is -0.478 e. The van der Waals surface area contributed by atoms with Crippen LogP contribution in [-0.2, 0) is 13.5 Å². The normalized spacial score (nSPS) is 10.6. The van der Waals surface area contributed by atoms with Gasteiger partial charge in [0.15, 0.2) is 0 Å². The number of aromatic nitrogens is 2. The molecule has 1 heterocycles. The van der Waals surface area contributed by atoms with Crippen LogP contribution in [0.5, 0.6) is 0 Å². The van der Waals surface area contributed by atoms with E-state index in [1.165, 1.54) is 5.56 Å². The molecule has 0 aliphatic heterocycles. The second-order valence-corrected chi connectivity index (χ2v) is 4.45. The Bertz CT molecular complexity index is 583. The molecule has 0 saturated carbocycles. The first-order valence-corrected chi connectivity index (χ1v) is 5.80. The van der Waals surface area contributed by atoms with Crippen molar-refractivity contribution in [3.05, 3.63) is 52.3 Å². The quantitative estimate of drug-likeness (QED) is 0.901. The molecule has 0 spiro atoms. The number of rotatable bonds is 3. The molecule has 0 saturated heterocycles. The zero-order valence-corrected chi connectivity index (χ0v) is 10.8. The van der Waals surface area contributed by atoms with Crippen molar-refractivity contribution in [3.8, 4) is 0 Å². The Morgan fingerprint density at radius 1 is 1.28 bits per heavy atom. The molecule has 4 heteroatoms. The van der Waals surface area contributed by atoms with Crippen LogP contribution >= 0.6 is 0 Å². The molecule has 2 rings (SSSR count). The van der Waals surface area contributed by atoms with E-state index in [9.17, 15) is 4.79 Å². The highest BCUT2D eigenvalue weighted by Gasteiger charge is 2.10. The zero-order chi connectivity index (χ0) is 13.3. The average molecular weight is 244 g/mol. The van der Waals surface area contributed by atoms with Crippen LogP contribution in [0.4, 0.5) is 0 Å². The first-order valence-electron chi connectivity index (χ1n) is 5.80. The molecule has 0 amide bonds. The fourth-order valence-corrected chi connectivity index (χ4v) is 2.04.